The van der Waals surface area contributed by atoms with Crippen LogP contribution < -0.4 is 4.90 Å². The highest BCUT2D eigenvalue weighted by molar-refractivity contribution is 5.52. The molecule has 0 fully saturated rings. The van der Waals surface area contributed by atoms with Gasteiger partial charge in [0.25, 0.3) is 0 Å². The maximum absolute atomic E-state index is 3.74. The van der Waals surface area contributed by atoms with E-state index in [-0.39, 0.29) is 0 Å². The number of para-hydroxylation sites is 1. The SMILES string of the molecule is C=C/C=C\CN(/C(C)=C/C=C)c1ccccc1. The molecule has 0 saturated heterocycles. The molecule has 0 aliphatic rings. The number of allylic oxidation sites excluding steroid dienone is 5. The van der Waals surface area contributed by atoms with Crippen molar-refractivity contribution in [2.24, 2.45) is 0 Å². The van der Waals surface area contributed by atoms with Gasteiger partial charge in [-0.3, -0.25) is 0 Å². The lowest BCUT2D eigenvalue weighted by Gasteiger charge is -2.24. The van der Waals surface area contributed by atoms with Crippen molar-refractivity contribution in [2.75, 3.05) is 11.4 Å². The van der Waals surface area contributed by atoms with Crippen LogP contribution in [-0.2, 0) is 0 Å². The van der Waals surface area contributed by atoms with Gasteiger partial charge in [0.1, 0.15) is 0 Å². The molecule has 1 heteroatoms. The van der Waals surface area contributed by atoms with Crippen LogP contribution in [0.25, 0.3) is 0 Å². The quantitative estimate of drug-likeness (QED) is 0.651. The Hall–Kier alpha value is -2.02. The normalized spacial score (nSPS) is 11.5. The van der Waals surface area contributed by atoms with Gasteiger partial charge in [-0.15, -0.1) is 0 Å². The topological polar surface area (TPSA) is 3.24 Å². The summed E-state index contributed by atoms with van der Waals surface area (Å²) in [4.78, 5) is 2.22. The fourth-order valence-electron chi connectivity index (χ4n) is 1.58. The Balaban J connectivity index is 2.94. The van der Waals surface area contributed by atoms with Gasteiger partial charge in [-0.1, -0.05) is 55.7 Å². The van der Waals surface area contributed by atoms with E-state index in [4.69, 9.17) is 0 Å². The van der Waals surface area contributed by atoms with Crippen LogP contribution in [-0.4, -0.2) is 6.54 Å². The molecular weight excluding hydrogens is 206 g/mol. The highest BCUT2D eigenvalue weighted by Gasteiger charge is 2.04. The second-order valence-electron chi connectivity index (χ2n) is 3.65. The van der Waals surface area contributed by atoms with E-state index in [1.165, 1.54) is 11.4 Å². The summed E-state index contributed by atoms with van der Waals surface area (Å²) in [6.07, 6.45) is 9.64. The summed E-state index contributed by atoms with van der Waals surface area (Å²) in [5, 5.41) is 0. The van der Waals surface area contributed by atoms with Crippen molar-refractivity contribution >= 4 is 5.69 Å². The van der Waals surface area contributed by atoms with Crippen LogP contribution in [0, 0.1) is 0 Å². The fraction of sp³-hybridized carbons (Fsp3) is 0.125. The minimum atomic E-state index is 0.826. The van der Waals surface area contributed by atoms with Gasteiger partial charge in [-0.25, -0.2) is 0 Å². The molecule has 0 aromatic heterocycles. The van der Waals surface area contributed by atoms with Gasteiger partial charge >= 0.3 is 0 Å². The zero-order chi connectivity index (χ0) is 12.5. The lowest BCUT2D eigenvalue weighted by molar-refractivity contribution is 1.01. The number of rotatable bonds is 6. The number of hydrogen-bond donors (Lipinski definition) is 0. The first kappa shape index (κ1) is 13.0. The Labute approximate surface area is 104 Å². The highest BCUT2D eigenvalue weighted by Crippen LogP contribution is 2.18. The zero-order valence-corrected chi connectivity index (χ0v) is 10.3. The maximum atomic E-state index is 3.74. The number of anilines is 1. The van der Waals surface area contributed by atoms with Crippen LogP contribution in [0.2, 0.25) is 0 Å². The van der Waals surface area contributed by atoms with Crippen molar-refractivity contribution in [3.63, 3.8) is 0 Å². The highest BCUT2D eigenvalue weighted by atomic mass is 15.1. The van der Waals surface area contributed by atoms with E-state index < -0.39 is 0 Å². The molecule has 1 aromatic rings. The first-order chi connectivity index (χ1) is 8.29. The summed E-state index contributed by atoms with van der Waals surface area (Å²) in [6, 6.07) is 10.3. The molecule has 0 atom stereocenters. The van der Waals surface area contributed by atoms with Crippen molar-refractivity contribution in [1.29, 1.82) is 0 Å². The summed E-state index contributed by atoms with van der Waals surface area (Å²) in [7, 11) is 0. The fourth-order valence-corrected chi connectivity index (χ4v) is 1.58. The smallest absolute Gasteiger partial charge is 0.0411 e. The second-order valence-corrected chi connectivity index (χ2v) is 3.65. The molecule has 0 N–H and O–H groups in total. The molecule has 0 spiro atoms. The first-order valence-electron chi connectivity index (χ1n) is 5.69. The Bertz CT molecular complexity index is 412. The van der Waals surface area contributed by atoms with E-state index in [0.717, 1.165) is 6.54 Å². The third-order valence-electron chi connectivity index (χ3n) is 2.41. The predicted octanol–water partition coefficient (Wildman–Crippen LogP) is 4.33. The Morgan fingerprint density at radius 1 is 1.18 bits per heavy atom. The van der Waals surface area contributed by atoms with Gasteiger partial charge in [0.2, 0.25) is 0 Å². The van der Waals surface area contributed by atoms with Crippen LogP contribution in [0.4, 0.5) is 5.69 Å². The molecule has 1 rings (SSSR count). The summed E-state index contributed by atoms with van der Waals surface area (Å²) in [5.41, 5.74) is 2.34. The molecule has 0 heterocycles. The molecule has 0 saturated carbocycles. The van der Waals surface area contributed by atoms with Crippen LogP contribution in [0.1, 0.15) is 6.92 Å². The zero-order valence-electron chi connectivity index (χ0n) is 10.3. The lowest BCUT2D eigenvalue weighted by Crippen LogP contribution is -2.20. The van der Waals surface area contributed by atoms with Crippen molar-refractivity contribution in [1.82, 2.24) is 0 Å². The van der Waals surface area contributed by atoms with Crippen LogP contribution >= 0.6 is 0 Å². The molecule has 0 amide bonds. The van der Waals surface area contributed by atoms with E-state index in [0.29, 0.717) is 0 Å². The Kier molecular flexibility index (Phi) is 5.59. The third-order valence-corrected chi connectivity index (χ3v) is 2.41. The largest absolute Gasteiger partial charge is 0.342 e. The van der Waals surface area contributed by atoms with Gasteiger partial charge in [0.15, 0.2) is 0 Å². The average molecular weight is 225 g/mol. The monoisotopic (exact) mass is 225 g/mol. The molecule has 17 heavy (non-hydrogen) atoms. The third kappa shape index (κ3) is 4.15. The molecule has 1 aromatic carbocycles. The number of benzene rings is 1. The van der Waals surface area contributed by atoms with Crippen LogP contribution in [0.15, 0.2) is 79.6 Å². The van der Waals surface area contributed by atoms with Gasteiger partial charge < -0.3 is 4.90 Å². The van der Waals surface area contributed by atoms with E-state index in [2.05, 4.69) is 43.2 Å². The average Bonchev–Trinajstić information content (AvgIpc) is 2.36. The molecule has 0 bridgehead atoms. The molecule has 88 valence electrons. The predicted molar refractivity (Wildman–Crippen MR) is 77.1 cm³/mol. The lowest BCUT2D eigenvalue weighted by atomic mass is 10.2. The van der Waals surface area contributed by atoms with Gasteiger partial charge in [0, 0.05) is 17.9 Å². The molecule has 0 radical (unpaired) electrons. The van der Waals surface area contributed by atoms with Crippen LogP contribution in [0.5, 0.6) is 0 Å². The van der Waals surface area contributed by atoms with Crippen LogP contribution in [0.3, 0.4) is 0 Å². The van der Waals surface area contributed by atoms with Gasteiger partial charge in [0.05, 0.1) is 0 Å². The van der Waals surface area contributed by atoms with E-state index in [9.17, 15) is 0 Å². The van der Waals surface area contributed by atoms with Gasteiger partial charge in [-0.2, -0.15) is 0 Å². The molecular formula is C16H19N. The van der Waals surface area contributed by atoms with Crippen molar-refractivity contribution in [3.8, 4) is 0 Å². The Morgan fingerprint density at radius 3 is 2.47 bits per heavy atom. The second kappa shape index (κ2) is 7.29. The van der Waals surface area contributed by atoms with Crippen molar-refractivity contribution in [2.45, 2.75) is 6.92 Å². The molecule has 1 nitrogen and oxygen atoms in total. The first-order valence-corrected chi connectivity index (χ1v) is 5.69. The van der Waals surface area contributed by atoms with Gasteiger partial charge in [-0.05, 0) is 25.1 Å². The molecule has 0 aliphatic heterocycles. The van der Waals surface area contributed by atoms with Crippen molar-refractivity contribution in [3.05, 3.63) is 79.6 Å². The summed E-state index contributed by atoms with van der Waals surface area (Å²) < 4.78 is 0. The Morgan fingerprint density at radius 2 is 1.88 bits per heavy atom. The summed E-state index contributed by atoms with van der Waals surface area (Å²) >= 11 is 0. The van der Waals surface area contributed by atoms with E-state index >= 15 is 0 Å². The number of nitrogens with zero attached hydrogens (tertiary/aromatic N) is 1. The van der Waals surface area contributed by atoms with E-state index in [1.807, 2.05) is 36.4 Å². The van der Waals surface area contributed by atoms with E-state index in [1.54, 1.807) is 6.08 Å². The molecule has 0 unspecified atom stereocenters. The maximum Gasteiger partial charge on any atom is 0.0411 e. The number of hydrogen-bond acceptors (Lipinski definition) is 1. The summed E-state index contributed by atoms with van der Waals surface area (Å²) in [5.74, 6) is 0. The van der Waals surface area contributed by atoms with Crippen molar-refractivity contribution < 1.29 is 0 Å². The minimum absolute atomic E-state index is 0.826. The minimum Gasteiger partial charge on any atom is -0.342 e. The molecule has 0 aliphatic carbocycles. The standard InChI is InChI=1S/C16H19N/c1-4-6-10-14-17(15(3)11-5-2)16-12-8-7-9-13-16/h4-13H,1-2,14H2,3H3/b10-6-,15-11+. The summed E-state index contributed by atoms with van der Waals surface area (Å²) in [6.45, 7) is 10.3.